The molecule has 2 rings (SSSR count). The summed E-state index contributed by atoms with van der Waals surface area (Å²) < 4.78 is 7.01. The molecular formula is C16H24N4O2. The molecule has 0 radical (unpaired) electrons. The number of unbranched alkanes of at least 4 members (excludes halogenated alkanes) is 1. The number of imidazole rings is 1. The Morgan fingerprint density at radius 1 is 1.41 bits per heavy atom. The van der Waals surface area contributed by atoms with E-state index < -0.39 is 0 Å². The molecule has 0 amide bonds. The SMILES string of the molecule is CCCCN(C)Cc1c(C(=O)OCC)nc2ccc(N)cn12. The van der Waals surface area contributed by atoms with Crippen molar-refractivity contribution < 1.29 is 9.53 Å². The molecule has 0 fully saturated rings. The zero-order valence-electron chi connectivity index (χ0n) is 13.5. The van der Waals surface area contributed by atoms with Gasteiger partial charge in [0.25, 0.3) is 0 Å². The van der Waals surface area contributed by atoms with Crippen molar-refractivity contribution in [2.24, 2.45) is 0 Å². The molecule has 0 bridgehead atoms. The summed E-state index contributed by atoms with van der Waals surface area (Å²) in [7, 11) is 2.04. The lowest BCUT2D eigenvalue weighted by atomic mass is 10.2. The molecule has 22 heavy (non-hydrogen) atoms. The van der Waals surface area contributed by atoms with Gasteiger partial charge in [0.05, 0.1) is 12.3 Å². The molecule has 2 aromatic heterocycles. The summed E-state index contributed by atoms with van der Waals surface area (Å²) in [4.78, 5) is 18.8. The molecular weight excluding hydrogens is 280 g/mol. The van der Waals surface area contributed by atoms with Crippen molar-refractivity contribution in [1.82, 2.24) is 14.3 Å². The largest absolute Gasteiger partial charge is 0.461 e. The van der Waals surface area contributed by atoms with Crippen molar-refractivity contribution in [3.63, 3.8) is 0 Å². The van der Waals surface area contributed by atoms with Gasteiger partial charge in [0, 0.05) is 18.4 Å². The molecule has 2 aromatic rings. The van der Waals surface area contributed by atoms with Crippen LogP contribution in [0.4, 0.5) is 5.69 Å². The highest BCUT2D eigenvalue weighted by atomic mass is 16.5. The Hall–Kier alpha value is -2.08. The number of nitrogens with two attached hydrogens (primary N) is 1. The highest BCUT2D eigenvalue weighted by Crippen LogP contribution is 2.18. The Bertz CT molecular complexity index is 651. The normalized spacial score (nSPS) is 11.3. The van der Waals surface area contributed by atoms with E-state index in [4.69, 9.17) is 10.5 Å². The second kappa shape index (κ2) is 7.26. The van der Waals surface area contributed by atoms with E-state index in [0.717, 1.165) is 25.1 Å². The van der Waals surface area contributed by atoms with Gasteiger partial charge in [-0.3, -0.25) is 4.40 Å². The molecule has 0 saturated carbocycles. The first-order valence-electron chi connectivity index (χ1n) is 7.69. The van der Waals surface area contributed by atoms with Crippen LogP contribution in [0.15, 0.2) is 18.3 Å². The zero-order valence-corrected chi connectivity index (χ0v) is 13.5. The van der Waals surface area contributed by atoms with Crippen molar-refractivity contribution in [3.8, 4) is 0 Å². The van der Waals surface area contributed by atoms with Crippen LogP contribution in [-0.2, 0) is 11.3 Å². The fraction of sp³-hybridized carbons (Fsp3) is 0.500. The molecule has 0 unspecified atom stereocenters. The lowest BCUT2D eigenvalue weighted by Crippen LogP contribution is -2.22. The summed E-state index contributed by atoms with van der Waals surface area (Å²) in [5.41, 5.74) is 8.40. The number of carbonyl (C=O) groups excluding carboxylic acids is 1. The Morgan fingerprint density at radius 3 is 2.86 bits per heavy atom. The quantitative estimate of drug-likeness (QED) is 0.795. The van der Waals surface area contributed by atoms with Gasteiger partial charge in [-0.2, -0.15) is 0 Å². The van der Waals surface area contributed by atoms with Crippen LogP contribution < -0.4 is 5.73 Å². The smallest absolute Gasteiger partial charge is 0.358 e. The highest BCUT2D eigenvalue weighted by molar-refractivity contribution is 5.89. The minimum Gasteiger partial charge on any atom is -0.461 e. The molecule has 2 N–H and O–H groups in total. The summed E-state index contributed by atoms with van der Waals surface area (Å²) in [5.74, 6) is -0.385. The van der Waals surface area contributed by atoms with Crippen LogP contribution >= 0.6 is 0 Å². The van der Waals surface area contributed by atoms with Gasteiger partial charge < -0.3 is 15.4 Å². The molecule has 2 heterocycles. The first kappa shape index (κ1) is 16.3. The molecule has 6 heteroatoms. The number of nitrogen functional groups attached to an aromatic ring is 1. The van der Waals surface area contributed by atoms with Crippen molar-refractivity contribution in [2.75, 3.05) is 25.9 Å². The van der Waals surface area contributed by atoms with E-state index in [1.807, 2.05) is 17.5 Å². The second-order valence-electron chi connectivity index (χ2n) is 5.41. The fourth-order valence-electron chi connectivity index (χ4n) is 2.39. The number of carbonyl (C=O) groups is 1. The molecule has 0 saturated heterocycles. The number of nitrogens with zero attached hydrogens (tertiary/aromatic N) is 3. The number of rotatable bonds is 7. The van der Waals surface area contributed by atoms with E-state index in [1.54, 1.807) is 19.2 Å². The lowest BCUT2D eigenvalue weighted by Gasteiger charge is -2.16. The van der Waals surface area contributed by atoms with Crippen molar-refractivity contribution in [3.05, 3.63) is 29.7 Å². The fourth-order valence-corrected chi connectivity index (χ4v) is 2.39. The van der Waals surface area contributed by atoms with E-state index in [9.17, 15) is 4.79 Å². The number of pyridine rings is 1. The molecule has 0 aliphatic rings. The summed E-state index contributed by atoms with van der Waals surface area (Å²) >= 11 is 0. The summed E-state index contributed by atoms with van der Waals surface area (Å²) in [6, 6.07) is 3.59. The van der Waals surface area contributed by atoms with Gasteiger partial charge in [-0.15, -0.1) is 0 Å². The Labute approximate surface area is 130 Å². The molecule has 0 atom stereocenters. The second-order valence-corrected chi connectivity index (χ2v) is 5.41. The topological polar surface area (TPSA) is 72.9 Å². The lowest BCUT2D eigenvalue weighted by molar-refractivity contribution is 0.0517. The first-order chi connectivity index (χ1) is 10.6. The van der Waals surface area contributed by atoms with Crippen LogP contribution in [0.1, 0.15) is 42.9 Å². The summed E-state index contributed by atoms with van der Waals surface area (Å²) in [6.45, 7) is 5.87. The van der Waals surface area contributed by atoms with Crippen molar-refractivity contribution >= 4 is 17.3 Å². The van der Waals surface area contributed by atoms with Gasteiger partial charge >= 0.3 is 5.97 Å². The predicted octanol–water partition coefficient (Wildman–Crippen LogP) is 2.33. The Balaban J connectivity index is 2.40. The minimum absolute atomic E-state index is 0.333. The van der Waals surface area contributed by atoms with Gasteiger partial charge in [-0.1, -0.05) is 13.3 Å². The third-order valence-electron chi connectivity index (χ3n) is 3.52. The van der Waals surface area contributed by atoms with E-state index in [2.05, 4.69) is 16.8 Å². The van der Waals surface area contributed by atoms with Crippen molar-refractivity contribution in [1.29, 1.82) is 0 Å². The molecule has 0 aliphatic carbocycles. The van der Waals surface area contributed by atoms with E-state index in [0.29, 0.717) is 30.2 Å². The number of hydrogen-bond acceptors (Lipinski definition) is 5. The zero-order chi connectivity index (χ0) is 16.1. The Kier molecular flexibility index (Phi) is 5.38. The molecule has 6 nitrogen and oxygen atoms in total. The molecule has 0 aliphatic heterocycles. The minimum atomic E-state index is -0.385. The number of hydrogen-bond donors (Lipinski definition) is 1. The van der Waals surface area contributed by atoms with E-state index in [1.165, 1.54) is 0 Å². The van der Waals surface area contributed by atoms with E-state index >= 15 is 0 Å². The molecule has 0 spiro atoms. The van der Waals surface area contributed by atoms with Gasteiger partial charge in [0.15, 0.2) is 5.69 Å². The maximum Gasteiger partial charge on any atom is 0.358 e. The van der Waals surface area contributed by atoms with Gasteiger partial charge in [0.2, 0.25) is 0 Å². The van der Waals surface area contributed by atoms with Crippen LogP contribution in [0.3, 0.4) is 0 Å². The third kappa shape index (κ3) is 3.57. The van der Waals surface area contributed by atoms with Crippen LogP contribution in [0.25, 0.3) is 5.65 Å². The van der Waals surface area contributed by atoms with Gasteiger partial charge in [-0.25, -0.2) is 9.78 Å². The summed E-state index contributed by atoms with van der Waals surface area (Å²) in [6.07, 6.45) is 4.05. The Morgan fingerprint density at radius 2 is 2.18 bits per heavy atom. The number of anilines is 1. The summed E-state index contributed by atoms with van der Waals surface area (Å²) in [5, 5.41) is 0. The number of fused-ring (bicyclic) bond motifs is 1. The monoisotopic (exact) mass is 304 g/mol. The first-order valence-corrected chi connectivity index (χ1v) is 7.69. The van der Waals surface area contributed by atoms with Crippen LogP contribution in [0.5, 0.6) is 0 Å². The average molecular weight is 304 g/mol. The van der Waals surface area contributed by atoms with Gasteiger partial charge in [0.1, 0.15) is 5.65 Å². The number of ether oxygens (including phenoxy) is 1. The van der Waals surface area contributed by atoms with Crippen molar-refractivity contribution in [2.45, 2.75) is 33.2 Å². The van der Waals surface area contributed by atoms with Crippen LogP contribution in [-0.4, -0.2) is 40.5 Å². The van der Waals surface area contributed by atoms with E-state index in [-0.39, 0.29) is 5.97 Å². The van der Waals surface area contributed by atoms with Crippen LogP contribution in [0, 0.1) is 0 Å². The highest BCUT2D eigenvalue weighted by Gasteiger charge is 2.21. The van der Waals surface area contributed by atoms with Crippen LogP contribution in [0.2, 0.25) is 0 Å². The maximum absolute atomic E-state index is 12.2. The number of aromatic nitrogens is 2. The number of esters is 1. The van der Waals surface area contributed by atoms with Gasteiger partial charge in [-0.05, 0) is 39.1 Å². The maximum atomic E-state index is 12.2. The molecule has 120 valence electrons. The standard InChI is InChI=1S/C16H24N4O2/c1-4-6-9-19(3)11-13-15(16(21)22-5-2)18-14-8-7-12(17)10-20(13)14/h7-8,10H,4-6,9,11,17H2,1-3H3. The predicted molar refractivity (Wildman–Crippen MR) is 86.8 cm³/mol. The average Bonchev–Trinajstić information content (AvgIpc) is 2.83. The molecule has 0 aromatic carbocycles. The third-order valence-corrected chi connectivity index (χ3v) is 3.52.